The lowest BCUT2D eigenvalue weighted by Crippen LogP contribution is -2.53. The van der Waals surface area contributed by atoms with Gasteiger partial charge in [-0.25, -0.2) is 4.79 Å². The highest BCUT2D eigenvalue weighted by Gasteiger charge is 2.27. The molecule has 0 bridgehead atoms. The van der Waals surface area contributed by atoms with Gasteiger partial charge < -0.3 is 25.6 Å². The Morgan fingerprint density at radius 1 is 1.09 bits per heavy atom. The Balaban J connectivity index is 1.52. The van der Waals surface area contributed by atoms with Gasteiger partial charge in [0.1, 0.15) is 11.8 Å². The maximum Gasteiger partial charge on any atom is 0.321 e. The van der Waals surface area contributed by atoms with E-state index < -0.39 is 6.04 Å². The number of methoxy groups -OCH3 is 1. The summed E-state index contributed by atoms with van der Waals surface area (Å²) >= 11 is 0. The number of benzene rings is 2. The highest BCUT2D eigenvalue weighted by Crippen LogP contribution is 2.18. The molecule has 3 rings (SSSR count). The van der Waals surface area contributed by atoms with Crippen molar-refractivity contribution in [1.82, 2.24) is 15.5 Å². The number of urea groups is 1. The second-order valence-corrected chi connectivity index (χ2v) is 8.38. The Morgan fingerprint density at radius 3 is 2.48 bits per heavy atom. The topological polar surface area (TPSA) is 99.8 Å². The summed E-state index contributed by atoms with van der Waals surface area (Å²) in [6.45, 7) is 4.47. The minimum atomic E-state index is -0.640. The zero-order chi connectivity index (χ0) is 23.8. The quantitative estimate of drug-likeness (QED) is 0.601. The molecule has 1 aliphatic heterocycles. The minimum Gasteiger partial charge on any atom is -0.497 e. The second kappa shape index (κ2) is 11.4. The van der Waals surface area contributed by atoms with Gasteiger partial charge in [-0.3, -0.25) is 9.59 Å². The van der Waals surface area contributed by atoms with Crippen LogP contribution in [0.2, 0.25) is 0 Å². The third-order valence-corrected chi connectivity index (χ3v) is 5.67. The van der Waals surface area contributed by atoms with Crippen LogP contribution >= 0.6 is 0 Å². The van der Waals surface area contributed by atoms with E-state index in [1.165, 1.54) is 6.92 Å². The molecule has 2 aromatic carbocycles. The average molecular weight is 453 g/mol. The van der Waals surface area contributed by atoms with Gasteiger partial charge in [-0.1, -0.05) is 35.9 Å². The Morgan fingerprint density at radius 2 is 1.82 bits per heavy atom. The lowest BCUT2D eigenvalue weighted by atomic mass is 10.0. The first-order chi connectivity index (χ1) is 15.8. The SMILES string of the molecule is COc1cccc(NC(=O)N2CCC(NC(=O)[C@@H](Cc3cccc(C)c3)NC(C)=O)CC2)c1. The normalized spacial score (nSPS) is 14.8. The van der Waals surface area contributed by atoms with Crippen molar-refractivity contribution < 1.29 is 19.1 Å². The first-order valence-corrected chi connectivity index (χ1v) is 11.2. The fourth-order valence-electron chi connectivity index (χ4n) is 3.96. The first-order valence-electron chi connectivity index (χ1n) is 11.2. The van der Waals surface area contributed by atoms with Crippen LogP contribution in [0.5, 0.6) is 5.75 Å². The van der Waals surface area contributed by atoms with Gasteiger partial charge >= 0.3 is 6.03 Å². The maximum absolute atomic E-state index is 12.9. The lowest BCUT2D eigenvalue weighted by molar-refractivity contribution is -0.128. The van der Waals surface area contributed by atoms with Gasteiger partial charge in [0.05, 0.1) is 7.11 Å². The number of aryl methyl sites for hydroxylation is 1. The van der Waals surface area contributed by atoms with Crippen molar-refractivity contribution in [2.45, 2.75) is 45.2 Å². The van der Waals surface area contributed by atoms with Crippen LogP contribution in [-0.4, -0.2) is 55.0 Å². The number of carbonyl (C=O) groups excluding carboxylic acids is 3. The van der Waals surface area contributed by atoms with Crippen molar-refractivity contribution in [1.29, 1.82) is 0 Å². The first kappa shape index (κ1) is 24.1. The molecule has 0 saturated carbocycles. The number of nitrogens with one attached hydrogen (secondary N) is 3. The minimum absolute atomic E-state index is 0.0489. The molecule has 1 saturated heterocycles. The van der Waals surface area contributed by atoms with Crippen LogP contribution in [0.4, 0.5) is 10.5 Å². The van der Waals surface area contributed by atoms with E-state index in [1.54, 1.807) is 18.1 Å². The molecule has 0 aromatic heterocycles. The molecule has 0 aliphatic carbocycles. The number of likely N-dealkylation sites (tertiary alicyclic amines) is 1. The number of piperidine rings is 1. The van der Waals surface area contributed by atoms with Crippen LogP contribution in [0, 0.1) is 6.92 Å². The summed E-state index contributed by atoms with van der Waals surface area (Å²) < 4.78 is 5.19. The number of nitrogens with zero attached hydrogens (tertiary/aromatic N) is 1. The predicted octanol–water partition coefficient (Wildman–Crippen LogP) is 2.86. The molecule has 4 amide bonds. The predicted molar refractivity (Wildman–Crippen MR) is 127 cm³/mol. The molecule has 3 N–H and O–H groups in total. The molecular formula is C25H32N4O4. The van der Waals surface area contributed by atoms with E-state index >= 15 is 0 Å². The largest absolute Gasteiger partial charge is 0.497 e. The van der Waals surface area contributed by atoms with E-state index in [9.17, 15) is 14.4 Å². The van der Waals surface area contributed by atoms with Crippen molar-refractivity contribution in [3.8, 4) is 5.75 Å². The van der Waals surface area contributed by atoms with Crippen LogP contribution in [0.1, 0.15) is 30.9 Å². The molecule has 1 fully saturated rings. The summed E-state index contributed by atoms with van der Waals surface area (Å²) in [7, 11) is 1.58. The number of ether oxygens (including phenoxy) is 1. The van der Waals surface area contributed by atoms with Gasteiger partial charge in [-0.05, 0) is 37.5 Å². The third kappa shape index (κ3) is 7.24. The van der Waals surface area contributed by atoms with Crippen molar-refractivity contribution in [2.24, 2.45) is 0 Å². The highest BCUT2D eigenvalue weighted by molar-refractivity contribution is 5.90. The van der Waals surface area contributed by atoms with Gasteiger partial charge in [0.15, 0.2) is 0 Å². The average Bonchev–Trinajstić information content (AvgIpc) is 2.79. The van der Waals surface area contributed by atoms with Gasteiger partial charge in [-0.2, -0.15) is 0 Å². The summed E-state index contributed by atoms with van der Waals surface area (Å²) in [5.74, 6) is 0.228. The lowest BCUT2D eigenvalue weighted by Gasteiger charge is -2.33. The van der Waals surface area contributed by atoms with Crippen LogP contribution in [0.3, 0.4) is 0 Å². The number of hydrogen-bond acceptors (Lipinski definition) is 4. The molecule has 8 nitrogen and oxygen atoms in total. The number of carbonyl (C=O) groups is 3. The van der Waals surface area contributed by atoms with E-state index in [2.05, 4.69) is 16.0 Å². The van der Waals surface area contributed by atoms with Gasteiger partial charge in [0.2, 0.25) is 11.8 Å². The number of rotatable bonds is 7. The van der Waals surface area contributed by atoms with Gasteiger partial charge in [-0.15, -0.1) is 0 Å². The molecule has 0 spiro atoms. The molecule has 8 heteroatoms. The van der Waals surface area contributed by atoms with E-state index in [0.717, 1.165) is 11.1 Å². The molecule has 0 radical (unpaired) electrons. The standard InChI is InChI=1S/C25H32N4O4/c1-17-6-4-7-19(14-17)15-23(26-18(2)30)24(31)27-20-10-12-29(13-11-20)25(32)28-21-8-5-9-22(16-21)33-3/h4-9,14,16,20,23H,10-13,15H2,1-3H3,(H,26,30)(H,27,31)(H,28,32)/t23-/m1/s1. The van der Waals surface area contributed by atoms with Crippen LogP contribution in [0.25, 0.3) is 0 Å². The van der Waals surface area contributed by atoms with Gasteiger partial charge in [0.25, 0.3) is 0 Å². The Labute approximate surface area is 194 Å². The zero-order valence-corrected chi connectivity index (χ0v) is 19.4. The van der Waals surface area contributed by atoms with Crippen molar-refractivity contribution in [3.63, 3.8) is 0 Å². The molecule has 0 unspecified atom stereocenters. The van der Waals surface area contributed by atoms with Crippen LogP contribution < -0.4 is 20.7 Å². The smallest absolute Gasteiger partial charge is 0.321 e. The molecular weight excluding hydrogens is 420 g/mol. The second-order valence-electron chi connectivity index (χ2n) is 8.38. The van der Waals surface area contributed by atoms with Crippen LogP contribution in [-0.2, 0) is 16.0 Å². The zero-order valence-electron chi connectivity index (χ0n) is 19.4. The van der Waals surface area contributed by atoms with Crippen molar-refractivity contribution >= 4 is 23.5 Å². The van der Waals surface area contributed by atoms with E-state index in [-0.39, 0.29) is 23.9 Å². The molecule has 1 heterocycles. The van der Waals surface area contributed by atoms with E-state index in [0.29, 0.717) is 43.8 Å². The molecule has 176 valence electrons. The Bertz CT molecular complexity index is 986. The Kier molecular flexibility index (Phi) is 8.29. The van der Waals surface area contributed by atoms with E-state index in [4.69, 9.17) is 4.74 Å². The van der Waals surface area contributed by atoms with E-state index in [1.807, 2.05) is 49.4 Å². The highest BCUT2D eigenvalue weighted by atomic mass is 16.5. The van der Waals surface area contributed by atoms with Crippen molar-refractivity contribution in [2.75, 3.05) is 25.5 Å². The fraction of sp³-hybridized carbons (Fsp3) is 0.400. The van der Waals surface area contributed by atoms with Gasteiger partial charge in [0, 0.05) is 44.2 Å². The number of anilines is 1. The molecule has 2 aromatic rings. The third-order valence-electron chi connectivity index (χ3n) is 5.67. The summed E-state index contributed by atoms with van der Waals surface area (Å²) in [6.07, 6.45) is 1.72. The summed E-state index contributed by atoms with van der Waals surface area (Å²) in [6, 6.07) is 14.3. The van der Waals surface area contributed by atoms with Crippen molar-refractivity contribution in [3.05, 3.63) is 59.7 Å². The maximum atomic E-state index is 12.9. The number of amides is 4. The monoisotopic (exact) mass is 452 g/mol. The summed E-state index contributed by atoms with van der Waals surface area (Å²) in [4.78, 5) is 38.9. The molecule has 33 heavy (non-hydrogen) atoms. The fourth-order valence-corrected chi connectivity index (χ4v) is 3.96. The number of hydrogen-bond donors (Lipinski definition) is 3. The summed E-state index contributed by atoms with van der Waals surface area (Å²) in [5.41, 5.74) is 2.77. The molecule has 1 atom stereocenters. The Hall–Kier alpha value is -3.55. The molecule has 1 aliphatic rings. The van der Waals surface area contributed by atoms with Crippen LogP contribution in [0.15, 0.2) is 48.5 Å². The summed E-state index contributed by atoms with van der Waals surface area (Å²) in [5, 5.41) is 8.71.